The predicted octanol–water partition coefficient (Wildman–Crippen LogP) is 2.30. The zero-order valence-electron chi connectivity index (χ0n) is 10.7. The molecule has 4 heteroatoms. The van der Waals surface area contributed by atoms with Crippen molar-refractivity contribution in [2.24, 2.45) is 0 Å². The lowest BCUT2D eigenvalue weighted by molar-refractivity contribution is 0.699. The zero-order valence-corrected chi connectivity index (χ0v) is 10.7. The van der Waals surface area contributed by atoms with Gasteiger partial charge in [-0.25, -0.2) is 9.97 Å². The van der Waals surface area contributed by atoms with Gasteiger partial charge in [0.15, 0.2) is 0 Å². The molecule has 0 bridgehead atoms. The highest BCUT2D eigenvalue weighted by molar-refractivity contribution is 5.55. The molecule has 0 aliphatic rings. The van der Waals surface area contributed by atoms with Crippen LogP contribution in [0.5, 0.6) is 0 Å². The van der Waals surface area contributed by atoms with Crippen molar-refractivity contribution in [3.05, 3.63) is 11.4 Å². The number of nitrogens with two attached hydrogens (primary N) is 1. The van der Waals surface area contributed by atoms with Gasteiger partial charge in [0.25, 0.3) is 0 Å². The summed E-state index contributed by atoms with van der Waals surface area (Å²) in [6, 6.07) is 0. The second-order valence-electron chi connectivity index (χ2n) is 4.23. The van der Waals surface area contributed by atoms with E-state index in [9.17, 15) is 0 Å². The lowest BCUT2D eigenvalue weighted by atomic mass is 10.2. The van der Waals surface area contributed by atoms with Crippen LogP contribution in [0.15, 0.2) is 0 Å². The molecule has 0 spiro atoms. The van der Waals surface area contributed by atoms with Crippen molar-refractivity contribution in [3.8, 4) is 0 Å². The maximum absolute atomic E-state index is 5.84. The summed E-state index contributed by atoms with van der Waals surface area (Å²) < 4.78 is 0. The molecule has 1 aromatic heterocycles. The predicted molar refractivity (Wildman–Crippen MR) is 68.7 cm³/mol. The number of aryl methyl sites for hydroxylation is 1. The van der Waals surface area contributed by atoms with Gasteiger partial charge in [-0.3, -0.25) is 0 Å². The van der Waals surface area contributed by atoms with Crippen molar-refractivity contribution < 1.29 is 0 Å². The molecule has 4 nitrogen and oxygen atoms in total. The second kappa shape index (κ2) is 5.68. The number of hydrogen-bond acceptors (Lipinski definition) is 4. The van der Waals surface area contributed by atoms with Crippen LogP contribution in [0.2, 0.25) is 0 Å². The van der Waals surface area contributed by atoms with E-state index in [1.54, 1.807) is 0 Å². The second-order valence-corrected chi connectivity index (χ2v) is 4.23. The van der Waals surface area contributed by atoms with E-state index < -0.39 is 0 Å². The summed E-state index contributed by atoms with van der Waals surface area (Å²) >= 11 is 0. The first-order valence-corrected chi connectivity index (χ1v) is 5.88. The minimum absolute atomic E-state index is 0.588. The number of rotatable bonds is 5. The lowest BCUT2D eigenvalue weighted by Gasteiger charge is -2.20. The van der Waals surface area contributed by atoms with Gasteiger partial charge in [0, 0.05) is 19.2 Å². The van der Waals surface area contributed by atoms with Crippen LogP contribution in [-0.2, 0) is 0 Å². The number of unbranched alkanes of at least 4 members (excludes halogenated alkanes) is 2. The highest BCUT2D eigenvalue weighted by Gasteiger charge is 2.10. The fraction of sp³-hybridized carbons (Fsp3) is 0.667. The van der Waals surface area contributed by atoms with Gasteiger partial charge in [0.05, 0.1) is 0 Å². The number of anilines is 2. The maximum Gasteiger partial charge on any atom is 0.137 e. The van der Waals surface area contributed by atoms with Crippen molar-refractivity contribution in [2.75, 3.05) is 24.2 Å². The third kappa shape index (κ3) is 3.08. The normalized spacial score (nSPS) is 10.5. The molecular weight excluding hydrogens is 200 g/mol. The molecule has 0 radical (unpaired) electrons. The van der Waals surface area contributed by atoms with Gasteiger partial charge in [-0.2, -0.15) is 0 Å². The minimum atomic E-state index is 0.588. The Morgan fingerprint density at radius 3 is 2.50 bits per heavy atom. The molecule has 0 amide bonds. The Kier molecular flexibility index (Phi) is 4.52. The van der Waals surface area contributed by atoms with E-state index in [1.807, 2.05) is 13.8 Å². The van der Waals surface area contributed by atoms with E-state index in [4.69, 9.17) is 5.73 Å². The van der Waals surface area contributed by atoms with Crippen LogP contribution in [0.4, 0.5) is 11.6 Å². The standard InChI is InChI=1S/C12H22N4/c1-5-6-7-8-16(4)12-9(2)11(13)14-10(3)15-12/h5-8H2,1-4H3,(H2,13,14,15). The van der Waals surface area contributed by atoms with E-state index in [0.717, 1.165) is 23.8 Å². The fourth-order valence-corrected chi connectivity index (χ4v) is 1.71. The Morgan fingerprint density at radius 1 is 1.19 bits per heavy atom. The van der Waals surface area contributed by atoms with Gasteiger partial charge < -0.3 is 10.6 Å². The topological polar surface area (TPSA) is 55.0 Å². The van der Waals surface area contributed by atoms with E-state index >= 15 is 0 Å². The zero-order chi connectivity index (χ0) is 12.1. The Morgan fingerprint density at radius 2 is 1.88 bits per heavy atom. The van der Waals surface area contributed by atoms with Gasteiger partial charge in [0.2, 0.25) is 0 Å². The van der Waals surface area contributed by atoms with Crippen LogP contribution >= 0.6 is 0 Å². The van der Waals surface area contributed by atoms with Crippen LogP contribution < -0.4 is 10.6 Å². The van der Waals surface area contributed by atoms with Crippen molar-refractivity contribution in [2.45, 2.75) is 40.0 Å². The Balaban J connectivity index is 2.78. The van der Waals surface area contributed by atoms with E-state index in [-0.39, 0.29) is 0 Å². The van der Waals surface area contributed by atoms with Crippen molar-refractivity contribution in [3.63, 3.8) is 0 Å². The van der Waals surface area contributed by atoms with Crippen molar-refractivity contribution in [1.29, 1.82) is 0 Å². The van der Waals surface area contributed by atoms with E-state index in [2.05, 4.69) is 28.8 Å². The van der Waals surface area contributed by atoms with Crippen molar-refractivity contribution >= 4 is 11.6 Å². The first-order chi connectivity index (χ1) is 7.56. The first kappa shape index (κ1) is 12.7. The quantitative estimate of drug-likeness (QED) is 0.777. The molecule has 0 atom stereocenters. The average Bonchev–Trinajstić information content (AvgIpc) is 2.23. The molecule has 1 aromatic rings. The van der Waals surface area contributed by atoms with Gasteiger partial charge in [-0.1, -0.05) is 19.8 Å². The molecular formula is C12H22N4. The van der Waals surface area contributed by atoms with Crippen LogP contribution in [0.3, 0.4) is 0 Å². The Hall–Kier alpha value is -1.32. The monoisotopic (exact) mass is 222 g/mol. The smallest absolute Gasteiger partial charge is 0.137 e. The van der Waals surface area contributed by atoms with Gasteiger partial charge in [-0.05, 0) is 20.3 Å². The third-order valence-corrected chi connectivity index (χ3v) is 2.73. The highest BCUT2D eigenvalue weighted by Crippen LogP contribution is 2.20. The first-order valence-electron chi connectivity index (χ1n) is 5.88. The summed E-state index contributed by atoms with van der Waals surface area (Å²) in [6.07, 6.45) is 3.68. The molecule has 2 N–H and O–H groups in total. The fourth-order valence-electron chi connectivity index (χ4n) is 1.71. The molecule has 90 valence electrons. The lowest BCUT2D eigenvalue weighted by Crippen LogP contribution is -2.22. The molecule has 0 aromatic carbocycles. The Labute approximate surface area is 97.9 Å². The number of aromatic nitrogens is 2. The van der Waals surface area contributed by atoms with E-state index in [1.165, 1.54) is 19.3 Å². The molecule has 0 saturated heterocycles. The van der Waals surface area contributed by atoms with Crippen LogP contribution in [-0.4, -0.2) is 23.6 Å². The Bertz CT molecular complexity index is 349. The van der Waals surface area contributed by atoms with Gasteiger partial charge >= 0.3 is 0 Å². The molecule has 0 aliphatic heterocycles. The van der Waals surface area contributed by atoms with Crippen LogP contribution in [0.25, 0.3) is 0 Å². The number of nitrogens with zero attached hydrogens (tertiary/aromatic N) is 3. The van der Waals surface area contributed by atoms with Gasteiger partial charge in [-0.15, -0.1) is 0 Å². The summed E-state index contributed by atoms with van der Waals surface area (Å²) in [4.78, 5) is 10.8. The number of hydrogen-bond donors (Lipinski definition) is 1. The summed E-state index contributed by atoms with van der Waals surface area (Å²) in [7, 11) is 2.06. The highest BCUT2D eigenvalue weighted by atomic mass is 15.2. The third-order valence-electron chi connectivity index (χ3n) is 2.73. The number of nitrogen functional groups attached to an aromatic ring is 1. The summed E-state index contributed by atoms with van der Waals surface area (Å²) in [5.41, 5.74) is 6.81. The largest absolute Gasteiger partial charge is 0.383 e. The molecule has 1 rings (SSSR count). The van der Waals surface area contributed by atoms with Gasteiger partial charge in [0.1, 0.15) is 17.5 Å². The molecule has 0 unspecified atom stereocenters. The summed E-state index contributed by atoms with van der Waals surface area (Å²) in [5.74, 6) is 2.28. The van der Waals surface area contributed by atoms with Crippen LogP contribution in [0.1, 0.15) is 37.6 Å². The summed E-state index contributed by atoms with van der Waals surface area (Å²) in [5, 5.41) is 0. The molecule has 16 heavy (non-hydrogen) atoms. The maximum atomic E-state index is 5.84. The van der Waals surface area contributed by atoms with E-state index in [0.29, 0.717) is 5.82 Å². The average molecular weight is 222 g/mol. The molecule has 0 fully saturated rings. The molecule has 0 saturated carbocycles. The van der Waals surface area contributed by atoms with Crippen molar-refractivity contribution in [1.82, 2.24) is 9.97 Å². The molecule has 0 aliphatic carbocycles. The van der Waals surface area contributed by atoms with Crippen LogP contribution in [0, 0.1) is 13.8 Å². The summed E-state index contributed by atoms with van der Waals surface area (Å²) in [6.45, 7) is 7.07. The minimum Gasteiger partial charge on any atom is -0.383 e. The molecule has 1 heterocycles. The SMILES string of the molecule is CCCCCN(C)c1nc(C)nc(N)c1C.